The van der Waals surface area contributed by atoms with E-state index in [-0.39, 0.29) is 5.12 Å². The second-order valence-electron chi connectivity index (χ2n) is 2.04. The summed E-state index contributed by atoms with van der Waals surface area (Å²) in [5.41, 5.74) is 1.16. The summed E-state index contributed by atoms with van der Waals surface area (Å²) in [5, 5.41) is -0.139. The van der Waals surface area contributed by atoms with Crippen LogP contribution in [0.2, 0.25) is 0 Å². The Morgan fingerprint density at radius 2 is 2.25 bits per heavy atom. The molecule has 12 heavy (non-hydrogen) atoms. The zero-order valence-corrected chi connectivity index (χ0v) is 8.56. The molecule has 0 unspecified atom stereocenters. The predicted molar refractivity (Wildman–Crippen MR) is 56.6 cm³/mol. The molecule has 0 aliphatic rings. The number of hydrogen-bond acceptors (Lipinski definition) is 3. The summed E-state index contributed by atoms with van der Waals surface area (Å²) in [6.45, 7) is 1.39. The maximum atomic E-state index is 9.31. The van der Waals surface area contributed by atoms with E-state index < -0.39 is 0 Å². The third-order valence-corrected chi connectivity index (χ3v) is 1.27. The summed E-state index contributed by atoms with van der Waals surface area (Å²) in [6.07, 6.45) is 3.57. The van der Waals surface area contributed by atoms with Crippen molar-refractivity contribution in [2.45, 2.75) is 12.7 Å². The number of nitrogens with zero attached hydrogens (tertiary/aromatic N) is 1. The minimum atomic E-state index is -0.139. The van der Waals surface area contributed by atoms with Crippen LogP contribution in [-0.2, 0) is 10.5 Å². The van der Waals surface area contributed by atoms with Crippen LogP contribution >= 0.6 is 25.3 Å². The first-order chi connectivity index (χ1) is 5.66. The largest absolute Gasteiger partial charge is 0.288 e. The van der Waals surface area contributed by atoms with Crippen LogP contribution in [-0.4, -0.2) is 10.1 Å². The molecular formula is C8H11NOS2. The minimum absolute atomic E-state index is 0.139. The lowest BCUT2D eigenvalue weighted by molar-refractivity contribution is -0.108. The molecule has 0 aromatic carbocycles. The molecule has 1 aromatic rings. The average Bonchev–Trinajstić information content (AvgIpc) is 2.05. The zero-order valence-electron chi connectivity index (χ0n) is 6.77. The van der Waals surface area contributed by atoms with Gasteiger partial charge in [0.1, 0.15) is 0 Å². The second kappa shape index (κ2) is 7.18. The maximum absolute atomic E-state index is 9.31. The molecule has 0 saturated heterocycles. The SMILES string of the molecule is CC(=O)S.SCc1cccnc1. The lowest BCUT2D eigenvalue weighted by Crippen LogP contribution is -1.75. The normalized spacial score (nSPS) is 8.25. The molecule has 0 spiro atoms. The number of rotatable bonds is 1. The van der Waals surface area contributed by atoms with Crippen molar-refractivity contribution in [1.29, 1.82) is 0 Å². The molecule has 1 aromatic heterocycles. The molecule has 0 aliphatic heterocycles. The second-order valence-corrected chi connectivity index (χ2v) is 2.98. The number of thiol groups is 2. The highest BCUT2D eigenvalue weighted by Gasteiger charge is 1.81. The minimum Gasteiger partial charge on any atom is -0.288 e. The molecule has 2 nitrogen and oxygen atoms in total. The number of carbonyl (C=O) groups is 1. The molecule has 1 rings (SSSR count). The van der Waals surface area contributed by atoms with Gasteiger partial charge in [-0.3, -0.25) is 9.78 Å². The van der Waals surface area contributed by atoms with Crippen LogP contribution in [0.3, 0.4) is 0 Å². The Hall–Kier alpha value is -0.480. The topological polar surface area (TPSA) is 30.0 Å². The van der Waals surface area contributed by atoms with Gasteiger partial charge in [-0.25, -0.2) is 0 Å². The van der Waals surface area contributed by atoms with Gasteiger partial charge >= 0.3 is 0 Å². The van der Waals surface area contributed by atoms with Gasteiger partial charge in [0.2, 0.25) is 0 Å². The van der Waals surface area contributed by atoms with Gasteiger partial charge in [0, 0.05) is 25.1 Å². The van der Waals surface area contributed by atoms with Gasteiger partial charge in [0.25, 0.3) is 0 Å². The van der Waals surface area contributed by atoms with Gasteiger partial charge in [-0.1, -0.05) is 6.07 Å². The van der Waals surface area contributed by atoms with E-state index in [0.717, 1.165) is 11.3 Å². The van der Waals surface area contributed by atoms with Crippen molar-refractivity contribution in [2.24, 2.45) is 0 Å². The molecule has 4 heteroatoms. The molecule has 0 N–H and O–H groups in total. The Kier molecular flexibility index (Phi) is 6.90. The third-order valence-electron chi connectivity index (χ3n) is 0.905. The number of aromatic nitrogens is 1. The van der Waals surface area contributed by atoms with Crippen molar-refractivity contribution in [3.8, 4) is 0 Å². The number of carbonyl (C=O) groups excluding carboxylic acids is 1. The monoisotopic (exact) mass is 201 g/mol. The van der Waals surface area contributed by atoms with Crippen molar-refractivity contribution in [1.82, 2.24) is 4.98 Å². The van der Waals surface area contributed by atoms with E-state index in [1.807, 2.05) is 18.3 Å². The lowest BCUT2D eigenvalue weighted by atomic mass is 10.3. The van der Waals surface area contributed by atoms with E-state index >= 15 is 0 Å². The van der Waals surface area contributed by atoms with Crippen LogP contribution in [0.5, 0.6) is 0 Å². The highest BCUT2D eigenvalue weighted by atomic mass is 32.1. The van der Waals surface area contributed by atoms with Crippen LogP contribution in [0.15, 0.2) is 24.5 Å². The molecule has 66 valence electrons. The molecular weight excluding hydrogens is 190 g/mol. The third kappa shape index (κ3) is 7.63. The van der Waals surface area contributed by atoms with Crippen LogP contribution in [0, 0.1) is 0 Å². The Balaban J connectivity index is 0.000000261. The standard InChI is InChI=1S/C6H7NS.C2H4OS/c8-5-6-2-1-3-7-4-6;1-2(3)4/h1-4,8H,5H2;1H3,(H,3,4). The molecule has 0 amide bonds. The summed E-state index contributed by atoms with van der Waals surface area (Å²) in [5.74, 6) is 0.772. The van der Waals surface area contributed by atoms with Crippen molar-refractivity contribution in [3.63, 3.8) is 0 Å². The summed E-state index contributed by atoms with van der Waals surface area (Å²) >= 11 is 7.40. The Bertz CT molecular complexity index is 222. The van der Waals surface area contributed by atoms with Gasteiger partial charge in [-0.05, 0) is 11.6 Å². The fourth-order valence-corrected chi connectivity index (χ4v) is 0.679. The summed E-state index contributed by atoms with van der Waals surface area (Å²) in [4.78, 5) is 13.2. The molecule has 0 aliphatic carbocycles. The molecule has 0 fully saturated rings. The van der Waals surface area contributed by atoms with Crippen molar-refractivity contribution < 1.29 is 4.79 Å². The number of pyridine rings is 1. The summed E-state index contributed by atoms with van der Waals surface area (Å²) in [6, 6.07) is 3.91. The van der Waals surface area contributed by atoms with Crippen molar-refractivity contribution in [3.05, 3.63) is 30.1 Å². The van der Waals surface area contributed by atoms with E-state index in [2.05, 4.69) is 30.2 Å². The Morgan fingerprint density at radius 1 is 1.67 bits per heavy atom. The Labute approximate surface area is 83.2 Å². The maximum Gasteiger partial charge on any atom is 0.182 e. The van der Waals surface area contributed by atoms with E-state index in [1.54, 1.807) is 6.20 Å². The molecule has 1 heterocycles. The quantitative estimate of drug-likeness (QED) is 0.680. The van der Waals surface area contributed by atoms with Gasteiger partial charge < -0.3 is 0 Å². The van der Waals surface area contributed by atoms with Crippen LogP contribution in [0.4, 0.5) is 0 Å². The van der Waals surface area contributed by atoms with Crippen LogP contribution < -0.4 is 0 Å². The first kappa shape index (κ1) is 11.5. The highest BCUT2D eigenvalue weighted by molar-refractivity contribution is 7.96. The van der Waals surface area contributed by atoms with E-state index in [1.165, 1.54) is 6.92 Å². The van der Waals surface area contributed by atoms with E-state index in [0.29, 0.717) is 0 Å². The van der Waals surface area contributed by atoms with Gasteiger partial charge in [-0.2, -0.15) is 12.6 Å². The number of hydrogen-bond donors (Lipinski definition) is 2. The first-order valence-corrected chi connectivity index (χ1v) is 4.44. The smallest absolute Gasteiger partial charge is 0.182 e. The fourth-order valence-electron chi connectivity index (χ4n) is 0.492. The van der Waals surface area contributed by atoms with Crippen molar-refractivity contribution in [2.75, 3.05) is 0 Å². The molecule has 0 bridgehead atoms. The lowest BCUT2D eigenvalue weighted by Gasteiger charge is -1.88. The average molecular weight is 201 g/mol. The van der Waals surface area contributed by atoms with E-state index in [4.69, 9.17) is 0 Å². The predicted octanol–water partition coefficient (Wildman–Crippen LogP) is 1.97. The van der Waals surface area contributed by atoms with Gasteiger partial charge in [-0.15, -0.1) is 12.6 Å². The van der Waals surface area contributed by atoms with Gasteiger partial charge in [0.15, 0.2) is 5.12 Å². The zero-order chi connectivity index (χ0) is 9.40. The highest BCUT2D eigenvalue weighted by Crippen LogP contribution is 1.97. The fraction of sp³-hybridized carbons (Fsp3) is 0.250. The van der Waals surface area contributed by atoms with Crippen LogP contribution in [0.25, 0.3) is 0 Å². The van der Waals surface area contributed by atoms with Crippen LogP contribution in [0.1, 0.15) is 12.5 Å². The molecule has 0 atom stereocenters. The summed E-state index contributed by atoms with van der Waals surface area (Å²) in [7, 11) is 0. The first-order valence-electron chi connectivity index (χ1n) is 3.36. The molecule has 0 radical (unpaired) electrons. The Morgan fingerprint density at radius 3 is 2.50 bits per heavy atom. The van der Waals surface area contributed by atoms with E-state index in [9.17, 15) is 4.79 Å². The van der Waals surface area contributed by atoms with Gasteiger partial charge in [0.05, 0.1) is 0 Å². The summed E-state index contributed by atoms with van der Waals surface area (Å²) < 4.78 is 0. The molecule has 0 saturated carbocycles. The van der Waals surface area contributed by atoms with Crippen molar-refractivity contribution >= 4 is 30.4 Å².